The van der Waals surface area contributed by atoms with Gasteiger partial charge in [-0.05, 0) is 18.9 Å². The summed E-state index contributed by atoms with van der Waals surface area (Å²) in [5.74, 6) is -2.02. The monoisotopic (exact) mass is 274 g/mol. The van der Waals surface area contributed by atoms with Crippen molar-refractivity contribution in [2.24, 2.45) is 0 Å². The van der Waals surface area contributed by atoms with Crippen molar-refractivity contribution in [3.63, 3.8) is 0 Å². The molecule has 1 aliphatic carbocycles. The highest BCUT2D eigenvalue weighted by Gasteiger charge is 2.54. The van der Waals surface area contributed by atoms with Gasteiger partial charge < -0.3 is 14.6 Å². The Kier molecular flexibility index (Phi) is 3.11. The molecule has 4 nitrogen and oxygen atoms in total. The summed E-state index contributed by atoms with van der Waals surface area (Å²) in [6, 6.07) is 1.41. The lowest BCUT2D eigenvalue weighted by molar-refractivity contribution is -0.140. The second kappa shape index (κ2) is 4.31. The molecule has 1 N–H and O–H groups in total. The fraction of sp³-hybridized carbons (Fsp3) is 0.417. The summed E-state index contributed by atoms with van der Waals surface area (Å²) in [6.45, 7) is 0. The second-order valence-electron chi connectivity index (χ2n) is 4.17. The molecular formula is C12H12ClFO4. The maximum absolute atomic E-state index is 14.1. The SMILES string of the molecule is COc1c(Cl)cc(C2(C(=O)O)CC2)c(OC)c1F. The van der Waals surface area contributed by atoms with E-state index in [0.29, 0.717) is 12.8 Å². The smallest absolute Gasteiger partial charge is 0.314 e. The van der Waals surface area contributed by atoms with Crippen molar-refractivity contribution < 1.29 is 23.8 Å². The predicted molar refractivity (Wildman–Crippen MR) is 63.1 cm³/mol. The summed E-state index contributed by atoms with van der Waals surface area (Å²) in [7, 11) is 2.57. The summed E-state index contributed by atoms with van der Waals surface area (Å²) in [5, 5.41) is 9.27. The third kappa shape index (κ3) is 1.70. The topological polar surface area (TPSA) is 55.8 Å². The minimum Gasteiger partial charge on any atom is -0.493 e. The van der Waals surface area contributed by atoms with Crippen molar-refractivity contribution in [1.29, 1.82) is 0 Å². The highest BCUT2D eigenvalue weighted by molar-refractivity contribution is 6.32. The van der Waals surface area contributed by atoms with Crippen LogP contribution in [0.25, 0.3) is 0 Å². The molecule has 0 saturated heterocycles. The summed E-state index contributed by atoms with van der Waals surface area (Å²) < 4.78 is 23.9. The number of hydrogen-bond acceptors (Lipinski definition) is 3. The lowest BCUT2D eigenvalue weighted by Gasteiger charge is -2.17. The normalized spacial score (nSPS) is 16.2. The summed E-state index contributed by atoms with van der Waals surface area (Å²) in [5.41, 5.74) is -0.817. The highest BCUT2D eigenvalue weighted by Crippen LogP contribution is 2.54. The molecule has 0 aliphatic heterocycles. The number of carboxylic acids is 1. The second-order valence-corrected chi connectivity index (χ2v) is 4.58. The molecule has 0 spiro atoms. The van der Waals surface area contributed by atoms with E-state index in [1.807, 2.05) is 0 Å². The quantitative estimate of drug-likeness (QED) is 0.917. The zero-order valence-electron chi connectivity index (χ0n) is 9.92. The van der Waals surface area contributed by atoms with Gasteiger partial charge in [0.25, 0.3) is 0 Å². The average Bonchev–Trinajstić information content (AvgIpc) is 3.10. The largest absolute Gasteiger partial charge is 0.493 e. The van der Waals surface area contributed by atoms with Crippen molar-refractivity contribution in [2.45, 2.75) is 18.3 Å². The molecular weight excluding hydrogens is 263 g/mol. The molecule has 18 heavy (non-hydrogen) atoms. The van der Waals surface area contributed by atoms with Gasteiger partial charge in [0.2, 0.25) is 5.82 Å². The number of hydrogen-bond donors (Lipinski definition) is 1. The molecule has 6 heteroatoms. The van der Waals surface area contributed by atoms with Gasteiger partial charge in [-0.2, -0.15) is 4.39 Å². The Morgan fingerprint density at radius 3 is 2.33 bits per heavy atom. The van der Waals surface area contributed by atoms with Gasteiger partial charge in [0.1, 0.15) is 0 Å². The van der Waals surface area contributed by atoms with Crippen LogP contribution in [0.1, 0.15) is 18.4 Å². The van der Waals surface area contributed by atoms with Gasteiger partial charge in [-0.25, -0.2) is 0 Å². The van der Waals surface area contributed by atoms with Crippen LogP contribution in [-0.2, 0) is 10.2 Å². The van der Waals surface area contributed by atoms with Crippen LogP contribution in [-0.4, -0.2) is 25.3 Å². The Bertz CT molecular complexity index is 511. The van der Waals surface area contributed by atoms with Crippen molar-refractivity contribution in [1.82, 2.24) is 0 Å². The summed E-state index contributed by atoms with van der Waals surface area (Å²) in [4.78, 5) is 11.3. The van der Waals surface area contributed by atoms with Crippen LogP contribution in [0.2, 0.25) is 5.02 Å². The van der Waals surface area contributed by atoms with E-state index in [0.717, 1.165) is 0 Å². The first-order valence-electron chi connectivity index (χ1n) is 5.31. The van der Waals surface area contributed by atoms with Crippen molar-refractivity contribution in [3.8, 4) is 11.5 Å². The van der Waals surface area contributed by atoms with Gasteiger partial charge in [0, 0.05) is 5.56 Å². The standard InChI is InChI=1S/C12H12ClFO4/c1-17-9-6(12(3-4-12)11(15)16)5-7(13)10(18-2)8(9)14/h5H,3-4H2,1-2H3,(H,15,16). The lowest BCUT2D eigenvalue weighted by Crippen LogP contribution is -2.21. The molecule has 0 radical (unpaired) electrons. The van der Waals surface area contributed by atoms with Crippen LogP contribution < -0.4 is 9.47 Å². The van der Waals surface area contributed by atoms with Crippen LogP contribution in [0.4, 0.5) is 4.39 Å². The molecule has 1 fully saturated rings. The number of methoxy groups -OCH3 is 2. The van der Waals surface area contributed by atoms with Crippen LogP contribution >= 0.6 is 11.6 Å². The van der Waals surface area contributed by atoms with Gasteiger partial charge in [0.15, 0.2) is 11.5 Å². The highest BCUT2D eigenvalue weighted by atomic mass is 35.5. The minimum absolute atomic E-state index is 0.0401. The first-order valence-corrected chi connectivity index (χ1v) is 5.69. The van der Waals surface area contributed by atoms with Gasteiger partial charge >= 0.3 is 5.97 Å². The fourth-order valence-electron chi connectivity index (χ4n) is 2.05. The third-order valence-corrected chi connectivity index (χ3v) is 3.50. The van der Waals surface area contributed by atoms with E-state index in [1.54, 1.807) is 0 Å². The minimum atomic E-state index is -1.08. The third-order valence-electron chi connectivity index (χ3n) is 3.21. The maximum Gasteiger partial charge on any atom is 0.314 e. The van der Waals surface area contributed by atoms with E-state index in [-0.39, 0.29) is 22.1 Å². The summed E-state index contributed by atoms with van der Waals surface area (Å²) in [6.07, 6.45) is 0.890. The van der Waals surface area contributed by atoms with Crippen molar-refractivity contribution >= 4 is 17.6 Å². The number of aliphatic carboxylic acids is 1. The number of halogens is 2. The zero-order chi connectivity index (χ0) is 13.5. The maximum atomic E-state index is 14.1. The average molecular weight is 275 g/mol. The Hall–Kier alpha value is -1.49. The Morgan fingerprint density at radius 2 is 1.94 bits per heavy atom. The summed E-state index contributed by atoms with van der Waals surface area (Å²) >= 11 is 5.89. The first-order chi connectivity index (χ1) is 8.47. The molecule has 0 heterocycles. The number of benzene rings is 1. The predicted octanol–water partition coefficient (Wildman–Crippen LogP) is 2.61. The number of carboxylic acid groups (broad SMARTS) is 1. The van der Waals surface area contributed by atoms with Crippen LogP contribution in [0.3, 0.4) is 0 Å². The van der Waals surface area contributed by atoms with Crippen LogP contribution in [0.15, 0.2) is 6.07 Å². The number of ether oxygens (including phenoxy) is 2. The Balaban J connectivity index is 2.66. The molecule has 98 valence electrons. The van der Waals surface area contributed by atoms with E-state index < -0.39 is 17.2 Å². The molecule has 1 aromatic rings. The molecule has 2 rings (SSSR count). The van der Waals surface area contributed by atoms with E-state index >= 15 is 0 Å². The van der Waals surface area contributed by atoms with Gasteiger partial charge in [-0.15, -0.1) is 0 Å². The van der Waals surface area contributed by atoms with Gasteiger partial charge in [0.05, 0.1) is 24.7 Å². The molecule has 0 amide bonds. The van der Waals surface area contributed by atoms with Gasteiger partial charge in [-0.1, -0.05) is 11.6 Å². The molecule has 1 aromatic carbocycles. The molecule has 0 aromatic heterocycles. The Morgan fingerprint density at radius 1 is 1.39 bits per heavy atom. The van der Waals surface area contributed by atoms with Crippen LogP contribution in [0.5, 0.6) is 11.5 Å². The molecule has 0 unspecified atom stereocenters. The zero-order valence-corrected chi connectivity index (χ0v) is 10.7. The van der Waals surface area contributed by atoms with E-state index in [1.165, 1.54) is 20.3 Å². The number of rotatable bonds is 4. The molecule has 1 aliphatic rings. The van der Waals surface area contributed by atoms with E-state index in [9.17, 15) is 14.3 Å². The molecule has 1 saturated carbocycles. The Labute approximate surface area is 108 Å². The lowest BCUT2D eigenvalue weighted by atomic mass is 9.94. The van der Waals surface area contributed by atoms with E-state index in [2.05, 4.69) is 0 Å². The van der Waals surface area contributed by atoms with Gasteiger partial charge in [-0.3, -0.25) is 4.79 Å². The number of carbonyl (C=O) groups is 1. The first kappa shape index (κ1) is 13.0. The molecule has 0 bridgehead atoms. The van der Waals surface area contributed by atoms with Crippen LogP contribution in [0, 0.1) is 5.82 Å². The van der Waals surface area contributed by atoms with Crippen molar-refractivity contribution in [3.05, 3.63) is 22.5 Å². The molecule has 0 atom stereocenters. The fourth-order valence-corrected chi connectivity index (χ4v) is 2.32. The van der Waals surface area contributed by atoms with E-state index in [4.69, 9.17) is 21.1 Å². The van der Waals surface area contributed by atoms with Crippen molar-refractivity contribution in [2.75, 3.05) is 14.2 Å².